The van der Waals surface area contributed by atoms with Crippen molar-refractivity contribution in [3.05, 3.63) is 47.1 Å². The number of alkyl halides is 3. The van der Waals surface area contributed by atoms with Crippen LogP contribution in [0.15, 0.2) is 52.0 Å². The van der Waals surface area contributed by atoms with Crippen LogP contribution in [0.5, 0.6) is 0 Å². The maximum atomic E-state index is 12.3. The number of hydrogen-bond acceptors (Lipinski definition) is 3. The first kappa shape index (κ1) is 15.2. The lowest BCUT2D eigenvalue weighted by atomic mass is 10.2. The summed E-state index contributed by atoms with van der Waals surface area (Å²) in [5.74, 6) is 0. The van der Waals surface area contributed by atoms with Crippen molar-refractivity contribution in [3.63, 3.8) is 0 Å². The number of aromatic nitrogens is 2. The molecule has 0 aliphatic rings. The fraction of sp³-hybridized carbons (Fsp3) is 0.0714. The third-order valence-electron chi connectivity index (χ3n) is 2.97. The summed E-state index contributed by atoms with van der Waals surface area (Å²) in [6, 6.07) is 11.4. The van der Waals surface area contributed by atoms with Crippen molar-refractivity contribution in [2.24, 2.45) is 0 Å². The number of fused-ring (bicyclic) bond motifs is 1. The smallest absolute Gasteiger partial charge is 0.399 e. The van der Waals surface area contributed by atoms with E-state index in [-0.39, 0.29) is 16.7 Å². The largest absolute Gasteiger partial charge is 0.446 e. The summed E-state index contributed by atoms with van der Waals surface area (Å²) >= 11 is 3.22. The number of thioether (sulfide) groups is 1. The Morgan fingerprint density at radius 1 is 1.09 bits per heavy atom. The molecule has 0 unspecified atom stereocenters. The molecule has 2 aromatic carbocycles. The van der Waals surface area contributed by atoms with E-state index in [1.165, 1.54) is 12.1 Å². The molecule has 1 aromatic heterocycles. The Kier molecular flexibility index (Phi) is 3.82. The lowest BCUT2D eigenvalue weighted by molar-refractivity contribution is -0.0328. The topological polar surface area (TPSA) is 43.8 Å². The van der Waals surface area contributed by atoms with Gasteiger partial charge in [0.1, 0.15) is 4.60 Å². The van der Waals surface area contributed by atoms with Crippen molar-refractivity contribution in [2.45, 2.75) is 10.4 Å². The van der Waals surface area contributed by atoms with Crippen LogP contribution in [-0.4, -0.2) is 15.3 Å². The van der Waals surface area contributed by atoms with E-state index in [0.29, 0.717) is 16.0 Å². The van der Waals surface area contributed by atoms with Crippen LogP contribution in [-0.2, 0) is 0 Å². The molecule has 22 heavy (non-hydrogen) atoms. The molecule has 0 saturated heterocycles. The first-order chi connectivity index (χ1) is 10.3. The average Bonchev–Trinajstić information content (AvgIpc) is 2.75. The Bertz CT molecular complexity index is 828. The van der Waals surface area contributed by atoms with E-state index in [4.69, 9.17) is 5.73 Å². The van der Waals surface area contributed by atoms with Crippen molar-refractivity contribution in [2.75, 3.05) is 5.73 Å². The van der Waals surface area contributed by atoms with Crippen LogP contribution in [0.25, 0.3) is 16.6 Å². The molecule has 3 aromatic rings. The van der Waals surface area contributed by atoms with Gasteiger partial charge in [-0.15, -0.1) is 0 Å². The van der Waals surface area contributed by atoms with Crippen LogP contribution in [0.2, 0.25) is 0 Å². The van der Waals surface area contributed by atoms with Crippen LogP contribution in [0.4, 0.5) is 18.9 Å². The van der Waals surface area contributed by atoms with Gasteiger partial charge in [-0.25, -0.2) is 4.68 Å². The molecule has 3 rings (SSSR count). The number of rotatable bonds is 2. The highest BCUT2D eigenvalue weighted by atomic mass is 79.9. The van der Waals surface area contributed by atoms with Crippen molar-refractivity contribution in [3.8, 4) is 5.69 Å². The van der Waals surface area contributed by atoms with Crippen molar-refractivity contribution >= 4 is 44.3 Å². The van der Waals surface area contributed by atoms with Gasteiger partial charge in [0, 0.05) is 16.0 Å². The Hall–Kier alpha value is -1.67. The van der Waals surface area contributed by atoms with Crippen molar-refractivity contribution in [1.29, 1.82) is 0 Å². The highest BCUT2D eigenvalue weighted by Crippen LogP contribution is 2.37. The minimum Gasteiger partial charge on any atom is -0.399 e. The van der Waals surface area contributed by atoms with Gasteiger partial charge in [-0.2, -0.15) is 18.3 Å². The van der Waals surface area contributed by atoms with Gasteiger partial charge in [0.15, 0.2) is 0 Å². The zero-order valence-corrected chi connectivity index (χ0v) is 13.3. The zero-order chi connectivity index (χ0) is 15.9. The molecule has 3 nitrogen and oxygen atoms in total. The molecule has 8 heteroatoms. The second-order valence-electron chi connectivity index (χ2n) is 4.52. The van der Waals surface area contributed by atoms with E-state index in [1.54, 1.807) is 28.9 Å². The van der Waals surface area contributed by atoms with Crippen molar-refractivity contribution in [1.82, 2.24) is 9.78 Å². The van der Waals surface area contributed by atoms with Crippen LogP contribution in [0.1, 0.15) is 0 Å². The Morgan fingerprint density at radius 3 is 2.41 bits per heavy atom. The van der Waals surface area contributed by atoms with Gasteiger partial charge in [-0.3, -0.25) is 0 Å². The predicted molar refractivity (Wildman–Crippen MR) is 85.1 cm³/mol. The zero-order valence-electron chi connectivity index (χ0n) is 10.9. The van der Waals surface area contributed by atoms with Gasteiger partial charge in [-0.05, 0) is 70.2 Å². The standard InChI is InChI=1S/C14H9BrF3N3S/c15-13-11-7-8(19)1-6-12(11)21(20-13)9-2-4-10(5-3-9)22-14(16,17)18/h1-7H,19H2. The second kappa shape index (κ2) is 5.51. The van der Waals surface area contributed by atoms with Crippen LogP contribution >= 0.6 is 27.7 Å². The molecule has 0 atom stereocenters. The highest BCUT2D eigenvalue weighted by Gasteiger charge is 2.29. The summed E-state index contributed by atoms with van der Waals surface area (Å²) in [6.45, 7) is 0. The summed E-state index contributed by atoms with van der Waals surface area (Å²) in [4.78, 5) is 0.135. The quantitative estimate of drug-likeness (QED) is 0.497. The maximum Gasteiger partial charge on any atom is 0.446 e. The minimum absolute atomic E-state index is 0.135. The lowest BCUT2D eigenvalue weighted by Gasteiger charge is -2.07. The first-order valence-corrected chi connectivity index (χ1v) is 7.74. The van der Waals surface area contributed by atoms with Gasteiger partial charge >= 0.3 is 5.51 Å². The third-order valence-corrected chi connectivity index (χ3v) is 4.30. The molecule has 0 saturated carbocycles. The maximum absolute atomic E-state index is 12.3. The van der Waals surface area contributed by atoms with E-state index in [9.17, 15) is 13.2 Å². The predicted octanol–water partition coefficient (Wildman–Crippen LogP) is 4.98. The summed E-state index contributed by atoms with van der Waals surface area (Å²) in [6.07, 6.45) is 0. The van der Waals surface area contributed by atoms with Crippen LogP contribution in [0, 0.1) is 0 Å². The van der Waals surface area contributed by atoms with E-state index in [1.807, 2.05) is 6.07 Å². The molecular formula is C14H9BrF3N3S. The van der Waals surface area contributed by atoms with Gasteiger partial charge in [0.25, 0.3) is 0 Å². The number of nitrogens with two attached hydrogens (primary N) is 1. The molecule has 2 N–H and O–H groups in total. The molecule has 114 valence electrons. The number of nitrogens with zero attached hydrogens (tertiary/aromatic N) is 2. The summed E-state index contributed by atoms with van der Waals surface area (Å²) in [7, 11) is 0. The molecule has 0 fully saturated rings. The van der Waals surface area contributed by atoms with E-state index >= 15 is 0 Å². The van der Waals surface area contributed by atoms with Gasteiger partial charge in [0.05, 0.1) is 11.2 Å². The summed E-state index contributed by atoms with van der Waals surface area (Å²) in [5, 5.41) is 5.20. The normalized spacial score (nSPS) is 12.0. The second-order valence-corrected chi connectivity index (χ2v) is 6.41. The van der Waals surface area contributed by atoms with Crippen LogP contribution in [0.3, 0.4) is 0 Å². The summed E-state index contributed by atoms with van der Waals surface area (Å²) < 4.78 is 39.3. The fourth-order valence-electron chi connectivity index (χ4n) is 2.08. The number of hydrogen-bond donors (Lipinski definition) is 1. The SMILES string of the molecule is Nc1ccc2c(c1)c(Br)nn2-c1ccc(SC(F)(F)F)cc1. The summed E-state index contributed by atoms with van der Waals surface area (Å²) in [5.41, 5.74) is 3.57. The van der Waals surface area contributed by atoms with Gasteiger partial charge < -0.3 is 5.73 Å². The van der Waals surface area contributed by atoms with E-state index < -0.39 is 5.51 Å². The fourth-order valence-corrected chi connectivity index (χ4v) is 3.10. The van der Waals surface area contributed by atoms with E-state index in [2.05, 4.69) is 21.0 Å². The molecule has 1 heterocycles. The Labute approximate surface area is 136 Å². The molecule has 0 bridgehead atoms. The average molecular weight is 388 g/mol. The van der Waals surface area contributed by atoms with Crippen molar-refractivity contribution < 1.29 is 13.2 Å². The van der Waals surface area contributed by atoms with Gasteiger partial charge in [0.2, 0.25) is 0 Å². The van der Waals surface area contributed by atoms with E-state index in [0.717, 1.165) is 10.9 Å². The molecule has 0 aliphatic carbocycles. The molecule has 0 amide bonds. The van der Waals surface area contributed by atoms with Gasteiger partial charge in [-0.1, -0.05) is 0 Å². The molecule has 0 radical (unpaired) electrons. The molecular weight excluding hydrogens is 379 g/mol. The molecule has 0 spiro atoms. The minimum atomic E-state index is -4.29. The number of nitrogen functional groups attached to an aromatic ring is 1. The number of anilines is 1. The number of benzene rings is 2. The monoisotopic (exact) mass is 387 g/mol. The third kappa shape index (κ3) is 3.07. The lowest BCUT2D eigenvalue weighted by Crippen LogP contribution is -2.00. The molecule has 0 aliphatic heterocycles. The Morgan fingerprint density at radius 2 is 1.77 bits per heavy atom. The highest BCUT2D eigenvalue weighted by molar-refractivity contribution is 9.10. The first-order valence-electron chi connectivity index (χ1n) is 6.13. The Balaban J connectivity index is 2.01. The van der Waals surface area contributed by atoms with Crippen LogP contribution < -0.4 is 5.73 Å². The number of halogens is 4.